The van der Waals surface area contributed by atoms with Crippen molar-refractivity contribution in [1.82, 2.24) is 9.55 Å². The Morgan fingerprint density at radius 2 is 1.68 bits per heavy atom. The van der Waals surface area contributed by atoms with Crippen molar-refractivity contribution in [2.75, 3.05) is 0 Å². The van der Waals surface area contributed by atoms with E-state index in [2.05, 4.69) is 80.1 Å². The lowest BCUT2D eigenvalue weighted by atomic mass is 9.86. The average Bonchev–Trinajstić information content (AvgIpc) is 3.04. The number of benzene rings is 2. The Morgan fingerprint density at radius 3 is 2.41 bits per heavy atom. The van der Waals surface area contributed by atoms with E-state index in [1.807, 2.05) is 0 Å². The summed E-state index contributed by atoms with van der Waals surface area (Å²) in [5.74, 6) is 1.09. The number of hydrogen-bond donors (Lipinski definition) is 0. The van der Waals surface area contributed by atoms with Crippen LogP contribution in [0.25, 0.3) is 22.6 Å². The van der Waals surface area contributed by atoms with Gasteiger partial charge in [-0.05, 0) is 16.5 Å². The molecule has 2 heteroatoms. The van der Waals surface area contributed by atoms with E-state index in [4.69, 9.17) is 4.98 Å². The maximum absolute atomic E-state index is 4.86. The van der Waals surface area contributed by atoms with Crippen LogP contribution in [0.2, 0.25) is 0 Å². The highest BCUT2D eigenvalue weighted by atomic mass is 15.1. The smallest absolute Gasteiger partial charge is 0.141 e. The van der Waals surface area contributed by atoms with Crippen molar-refractivity contribution < 1.29 is 0 Å². The second kappa shape index (κ2) is 4.57. The summed E-state index contributed by atoms with van der Waals surface area (Å²) in [4.78, 5) is 4.86. The molecule has 110 valence electrons. The molecule has 3 aromatic rings. The first-order valence-corrected chi connectivity index (χ1v) is 7.79. The molecule has 0 saturated carbocycles. The van der Waals surface area contributed by atoms with Crippen molar-refractivity contribution in [3.8, 4) is 22.6 Å². The fourth-order valence-corrected chi connectivity index (χ4v) is 3.09. The van der Waals surface area contributed by atoms with Gasteiger partial charge in [-0.25, -0.2) is 4.98 Å². The minimum Gasteiger partial charge on any atom is -0.326 e. The predicted molar refractivity (Wildman–Crippen MR) is 90.9 cm³/mol. The zero-order chi connectivity index (χ0) is 15.3. The number of hydrogen-bond acceptors (Lipinski definition) is 1. The van der Waals surface area contributed by atoms with Gasteiger partial charge in [-0.1, -0.05) is 69.3 Å². The monoisotopic (exact) mass is 288 g/mol. The quantitative estimate of drug-likeness (QED) is 0.488. The second-order valence-electron chi connectivity index (χ2n) is 7.06. The van der Waals surface area contributed by atoms with Crippen molar-refractivity contribution in [3.63, 3.8) is 0 Å². The van der Waals surface area contributed by atoms with Gasteiger partial charge in [-0.3, -0.25) is 0 Å². The van der Waals surface area contributed by atoms with Crippen LogP contribution in [0.3, 0.4) is 0 Å². The minimum atomic E-state index is 0.188. The Hall–Kier alpha value is -2.35. The normalized spacial score (nSPS) is 13.0. The Bertz CT molecular complexity index is 833. The van der Waals surface area contributed by atoms with Crippen LogP contribution >= 0.6 is 0 Å². The molecule has 1 aromatic heterocycles. The summed E-state index contributed by atoms with van der Waals surface area (Å²) in [5, 5.41) is 0. The molecule has 0 unspecified atom stereocenters. The van der Waals surface area contributed by atoms with Crippen molar-refractivity contribution in [3.05, 3.63) is 65.9 Å². The molecule has 0 bridgehead atoms. The first-order valence-electron chi connectivity index (χ1n) is 7.79. The molecule has 0 saturated heterocycles. The predicted octanol–water partition coefficient (Wildman–Crippen LogP) is 4.88. The van der Waals surface area contributed by atoms with E-state index >= 15 is 0 Å². The first-order chi connectivity index (χ1) is 10.5. The fourth-order valence-electron chi connectivity index (χ4n) is 3.09. The third kappa shape index (κ3) is 2.07. The summed E-state index contributed by atoms with van der Waals surface area (Å²) in [6.45, 7) is 7.65. The van der Waals surface area contributed by atoms with Crippen LogP contribution in [0.5, 0.6) is 0 Å². The summed E-state index contributed by atoms with van der Waals surface area (Å²) < 4.78 is 2.25. The molecule has 0 aliphatic carbocycles. The molecular weight excluding hydrogens is 268 g/mol. The van der Waals surface area contributed by atoms with E-state index in [1.165, 1.54) is 22.3 Å². The molecule has 4 rings (SSSR count). The molecule has 2 heterocycles. The minimum absolute atomic E-state index is 0.188. The fraction of sp³-hybridized carbons (Fsp3) is 0.250. The third-order valence-corrected chi connectivity index (χ3v) is 4.42. The van der Waals surface area contributed by atoms with Crippen molar-refractivity contribution in [1.29, 1.82) is 0 Å². The van der Waals surface area contributed by atoms with Crippen LogP contribution in [-0.2, 0) is 12.0 Å². The molecule has 1 aliphatic rings. The molecule has 1 aliphatic heterocycles. The summed E-state index contributed by atoms with van der Waals surface area (Å²) >= 11 is 0. The zero-order valence-corrected chi connectivity index (χ0v) is 13.3. The number of rotatable bonds is 1. The van der Waals surface area contributed by atoms with E-state index < -0.39 is 0 Å². The van der Waals surface area contributed by atoms with E-state index in [0.717, 1.165) is 18.1 Å². The molecule has 0 fully saturated rings. The highest BCUT2D eigenvalue weighted by Crippen LogP contribution is 2.34. The average molecular weight is 288 g/mol. The molecule has 0 spiro atoms. The Balaban J connectivity index is 1.72. The topological polar surface area (TPSA) is 17.8 Å². The highest BCUT2D eigenvalue weighted by molar-refractivity contribution is 5.70. The van der Waals surface area contributed by atoms with Gasteiger partial charge in [0.15, 0.2) is 0 Å². The summed E-state index contributed by atoms with van der Waals surface area (Å²) in [7, 11) is 0. The molecule has 0 atom stereocenters. The van der Waals surface area contributed by atoms with Gasteiger partial charge in [-0.15, -0.1) is 0 Å². The van der Waals surface area contributed by atoms with Crippen LogP contribution in [0.1, 0.15) is 31.9 Å². The van der Waals surface area contributed by atoms with Gasteiger partial charge in [0, 0.05) is 23.9 Å². The van der Waals surface area contributed by atoms with Gasteiger partial charge in [0.25, 0.3) is 0 Å². The Labute approximate surface area is 131 Å². The van der Waals surface area contributed by atoms with Crippen molar-refractivity contribution in [2.45, 2.75) is 32.7 Å². The van der Waals surface area contributed by atoms with Crippen molar-refractivity contribution in [2.24, 2.45) is 0 Å². The summed E-state index contributed by atoms with van der Waals surface area (Å²) in [6.07, 6.45) is 2.17. The second-order valence-corrected chi connectivity index (χ2v) is 7.06. The first kappa shape index (κ1) is 13.3. The highest BCUT2D eigenvalue weighted by Gasteiger charge is 2.21. The number of aromatic nitrogens is 2. The SMILES string of the molecule is CC(C)(C)c1ccc(-c2cn3c(n2)-c2ccccc2C3)cc1. The Kier molecular flexibility index (Phi) is 2.77. The number of imidazole rings is 1. The lowest BCUT2D eigenvalue weighted by molar-refractivity contribution is 0.590. The lowest BCUT2D eigenvalue weighted by Crippen LogP contribution is -2.10. The molecule has 2 nitrogen and oxygen atoms in total. The van der Waals surface area contributed by atoms with Crippen molar-refractivity contribution >= 4 is 0 Å². The van der Waals surface area contributed by atoms with Crippen LogP contribution in [0.15, 0.2) is 54.7 Å². The van der Waals surface area contributed by atoms with Crippen LogP contribution in [0.4, 0.5) is 0 Å². The van der Waals surface area contributed by atoms with Crippen LogP contribution in [0, 0.1) is 0 Å². The van der Waals surface area contributed by atoms with E-state index in [0.29, 0.717) is 0 Å². The van der Waals surface area contributed by atoms with Gasteiger partial charge < -0.3 is 4.57 Å². The molecule has 0 radical (unpaired) electrons. The molecule has 2 aromatic carbocycles. The Morgan fingerprint density at radius 1 is 0.955 bits per heavy atom. The van der Waals surface area contributed by atoms with Crippen LogP contribution < -0.4 is 0 Å². The lowest BCUT2D eigenvalue weighted by Gasteiger charge is -2.18. The van der Waals surface area contributed by atoms with E-state index in [1.54, 1.807) is 0 Å². The van der Waals surface area contributed by atoms with E-state index in [9.17, 15) is 0 Å². The zero-order valence-electron chi connectivity index (χ0n) is 13.3. The van der Waals surface area contributed by atoms with Gasteiger partial charge in [0.05, 0.1) is 5.69 Å². The summed E-state index contributed by atoms with van der Waals surface area (Å²) in [5.41, 5.74) is 6.42. The molecule has 0 N–H and O–H groups in total. The summed E-state index contributed by atoms with van der Waals surface area (Å²) in [6, 6.07) is 17.3. The number of fused-ring (bicyclic) bond motifs is 3. The van der Waals surface area contributed by atoms with Gasteiger partial charge in [0.2, 0.25) is 0 Å². The van der Waals surface area contributed by atoms with E-state index in [-0.39, 0.29) is 5.41 Å². The van der Waals surface area contributed by atoms with Gasteiger partial charge >= 0.3 is 0 Å². The maximum Gasteiger partial charge on any atom is 0.141 e. The number of nitrogens with zero attached hydrogens (tertiary/aromatic N) is 2. The molecular formula is C20H20N2. The molecule has 22 heavy (non-hydrogen) atoms. The van der Waals surface area contributed by atoms with Gasteiger partial charge in [-0.2, -0.15) is 0 Å². The largest absolute Gasteiger partial charge is 0.326 e. The maximum atomic E-state index is 4.86. The molecule has 0 amide bonds. The standard InChI is InChI=1S/C20H20N2/c1-20(2,3)16-10-8-14(9-11-16)18-13-22-12-15-6-4-5-7-17(15)19(22)21-18/h4-11,13H,12H2,1-3H3. The third-order valence-electron chi connectivity index (χ3n) is 4.42. The van der Waals surface area contributed by atoms with Gasteiger partial charge in [0.1, 0.15) is 5.82 Å². The van der Waals surface area contributed by atoms with Crippen LogP contribution in [-0.4, -0.2) is 9.55 Å².